The summed E-state index contributed by atoms with van der Waals surface area (Å²) >= 11 is 0. The second-order valence-electron chi connectivity index (χ2n) is 9.17. The third-order valence-electron chi connectivity index (χ3n) is 4.31. The summed E-state index contributed by atoms with van der Waals surface area (Å²) in [6, 6.07) is 0. The Labute approximate surface area is 149 Å². The lowest BCUT2D eigenvalue weighted by Crippen LogP contribution is -2.39. The van der Waals surface area contributed by atoms with Crippen LogP contribution < -0.4 is 0 Å². The van der Waals surface area contributed by atoms with E-state index in [1.165, 1.54) is 0 Å². The summed E-state index contributed by atoms with van der Waals surface area (Å²) in [5.41, 5.74) is 0.357. The number of nitrogens with zero attached hydrogens (tertiary/aromatic N) is 2. The Hall–Kier alpha value is -1.32. The standard InChI is InChI=1S/C20H38N2O2/c1-15(2)17(23)21(9)12-11-20(7,8)13-16(3)14-22(10)18(24)19(4,5)6/h16H,1,11-14H2,2-10H3. The number of carbonyl (C=O) groups is 2. The molecule has 0 aromatic carbocycles. The number of rotatable bonds is 8. The van der Waals surface area contributed by atoms with Crippen LogP contribution in [-0.4, -0.2) is 48.8 Å². The van der Waals surface area contributed by atoms with E-state index in [4.69, 9.17) is 0 Å². The van der Waals surface area contributed by atoms with E-state index in [9.17, 15) is 9.59 Å². The van der Waals surface area contributed by atoms with Crippen LogP contribution in [0, 0.1) is 16.7 Å². The number of carbonyl (C=O) groups excluding carboxylic acids is 2. The Bertz CT molecular complexity index is 461. The van der Waals surface area contributed by atoms with Crippen molar-refractivity contribution in [1.82, 2.24) is 9.80 Å². The van der Waals surface area contributed by atoms with Crippen molar-refractivity contribution >= 4 is 11.8 Å². The molecule has 1 unspecified atom stereocenters. The molecule has 0 radical (unpaired) electrons. The Balaban J connectivity index is 4.51. The molecule has 24 heavy (non-hydrogen) atoms. The van der Waals surface area contributed by atoms with E-state index in [2.05, 4.69) is 27.4 Å². The van der Waals surface area contributed by atoms with Gasteiger partial charge in [0.2, 0.25) is 11.8 Å². The highest BCUT2D eigenvalue weighted by molar-refractivity contribution is 5.91. The van der Waals surface area contributed by atoms with Gasteiger partial charge in [-0.2, -0.15) is 0 Å². The monoisotopic (exact) mass is 338 g/mol. The molecule has 0 aliphatic rings. The average molecular weight is 339 g/mol. The molecule has 0 aromatic rings. The first-order chi connectivity index (χ1) is 10.7. The fourth-order valence-corrected chi connectivity index (χ4v) is 3.13. The van der Waals surface area contributed by atoms with E-state index in [0.29, 0.717) is 11.5 Å². The maximum Gasteiger partial charge on any atom is 0.248 e. The smallest absolute Gasteiger partial charge is 0.248 e. The summed E-state index contributed by atoms with van der Waals surface area (Å²) in [5.74, 6) is 0.603. The summed E-state index contributed by atoms with van der Waals surface area (Å²) < 4.78 is 0. The van der Waals surface area contributed by atoms with Crippen molar-refractivity contribution in [2.75, 3.05) is 27.2 Å². The van der Waals surface area contributed by atoms with Crippen molar-refractivity contribution < 1.29 is 9.59 Å². The van der Waals surface area contributed by atoms with E-state index in [-0.39, 0.29) is 22.6 Å². The van der Waals surface area contributed by atoms with Gasteiger partial charge in [-0.25, -0.2) is 0 Å². The lowest BCUT2D eigenvalue weighted by Gasteiger charge is -2.33. The van der Waals surface area contributed by atoms with Crippen molar-refractivity contribution in [1.29, 1.82) is 0 Å². The number of amides is 2. The minimum Gasteiger partial charge on any atom is -0.345 e. The predicted octanol–water partition coefficient (Wildman–Crippen LogP) is 3.97. The zero-order valence-electron chi connectivity index (χ0n) is 17.3. The lowest BCUT2D eigenvalue weighted by atomic mass is 9.80. The zero-order valence-corrected chi connectivity index (χ0v) is 17.3. The first-order valence-electron chi connectivity index (χ1n) is 8.84. The molecule has 140 valence electrons. The van der Waals surface area contributed by atoms with Gasteiger partial charge in [-0.3, -0.25) is 9.59 Å². The van der Waals surface area contributed by atoms with E-state index < -0.39 is 0 Å². The van der Waals surface area contributed by atoms with Crippen LogP contribution >= 0.6 is 0 Å². The summed E-state index contributed by atoms with van der Waals surface area (Å²) in [6.07, 6.45) is 1.95. The van der Waals surface area contributed by atoms with Crippen LogP contribution in [0.1, 0.15) is 61.3 Å². The molecule has 0 rings (SSSR count). The number of hydrogen-bond donors (Lipinski definition) is 0. The predicted molar refractivity (Wildman–Crippen MR) is 102 cm³/mol. The van der Waals surface area contributed by atoms with Gasteiger partial charge in [0.05, 0.1) is 0 Å². The number of likely N-dealkylation sites (N-methyl/N-ethyl adjacent to an activating group) is 1. The van der Waals surface area contributed by atoms with Gasteiger partial charge >= 0.3 is 0 Å². The zero-order chi connectivity index (χ0) is 19.3. The molecule has 4 heteroatoms. The molecule has 1 atom stereocenters. The molecule has 0 fully saturated rings. The largest absolute Gasteiger partial charge is 0.345 e. The van der Waals surface area contributed by atoms with Gasteiger partial charge in [0.25, 0.3) is 0 Å². The Morgan fingerprint density at radius 2 is 1.54 bits per heavy atom. The molecule has 4 nitrogen and oxygen atoms in total. The lowest BCUT2D eigenvalue weighted by molar-refractivity contribution is -0.138. The minimum absolute atomic E-state index is 0.00866. The van der Waals surface area contributed by atoms with Crippen molar-refractivity contribution in [2.24, 2.45) is 16.7 Å². The molecule has 0 N–H and O–H groups in total. The minimum atomic E-state index is -0.338. The van der Waals surface area contributed by atoms with E-state index in [1.807, 2.05) is 39.8 Å². The first kappa shape index (κ1) is 22.7. The summed E-state index contributed by atoms with van der Waals surface area (Å²) in [4.78, 5) is 27.8. The second kappa shape index (κ2) is 8.68. The highest BCUT2D eigenvalue weighted by atomic mass is 16.2. The van der Waals surface area contributed by atoms with Crippen LogP contribution in [0.4, 0.5) is 0 Å². The van der Waals surface area contributed by atoms with Crippen molar-refractivity contribution in [3.05, 3.63) is 12.2 Å². The molecule has 0 saturated heterocycles. The quantitative estimate of drug-likeness (QED) is 0.628. The van der Waals surface area contributed by atoms with Gasteiger partial charge < -0.3 is 9.80 Å². The van der Waals surface area contributed by atoms with Crippen LogP contribution in [0.2, 0.25) is 0 Å². The molecule has 0 aliphatic heterocycles. The molecular weight excluding hydrogens is 300 g/mol. The fourth-order valence-electron chi connectivity index (χ4n) is 3.13. The summed E-state index contributed by atoms with van der Waals surface area (Å²) in [5, 5.41) is 0. The second-order valence-corrected chi connectivity index (χ2v) is 9.17. The van der Waals surface area contributed by atoms with Crippen molar-refractivity contribution in [3.63, 3.8) is 0 Å². The number of hydrogen-bond acceptors (Lipinski definition) is 2. The topological polar surface area (TPSA) is 40.6 Å². The molecule has 0 aromatic heterocycles. The van der Waals surface area contributed by atoms with Crippen LogP contribution in [0.15, 0.2) is 12.2 Å². The van der Waals surface area contributed by atoms with Crippen molar-refractivity contribution in [2.45, 2.75) is 61.3 Å². The van der Waals surface area contributed by atoms with Crippen LogP contribution in [0.25, 0.3) is 0 Å². The van der Waals surface area contributed by atoms with Gasteiger partial charge in [0.15, 0.2) is 0 Å². The van der Waals surface area contributed by atoms with Crippen LogP contribution in [0.5, 0.6) is 0 Å². The van der Waals surface area contributed by atoms with Gasteiger partial charge in [0, 0.05) is 38.2 Å². The third-order valence-corrected chi connectivity index (χ3v) is 4.31. The highest BCUT2D eigenvalue weighted by Gasteiger charge is 2.28. The van der Waals surface area contributed by atoms with Crippen molar-refractivity contribution in [3.8, 4) is 0 Å². The maximum atomic E-state index is 12.3. The van der Waals surface area contributed by atoms with Gasteiger partial charge in [-0.05, 0) is 31.1 Å². The SMILES string of the molecule is C=C(C)C(=O)N(C)CCC(C)(C)CC(C)CN(C)C(=O)C(C)(C)C. The fraction of sp³-hybridized carbons (Fsp3) is 0.800. The Kier molecular flexibility index (Phi) is 8.20. The molecule has 0 heterocycles. The van der Waals surface area contributed by atoms with Gasteiger partial charge in [-0.1, -0.05) is 48.1 Å². The normalized spacial score (nSPS) is 13.4. The molecular formula is C20H38N2O2. The Morgan fingerprint density at radius 3 is 1.96 bits per heavy atom. The molecule has 0 aliphatic carbocycles. The van der Waals surface area contributed by atoms with E-state index in [0.717, 1.165) is 25.9 Å². The summed E-state index contributed by atoms with van der Waals surface area (Å²) in [6.45, 7) is 19.5. The highest BCUT2D eigenvalue weighted by Crippen LogP contribution is 2.30. The van der Waals surface area contributed by atoms with Gasteiger partial charge in [-0.15, -0.1) is 0 Å². The van der Waals surface area contributed by atoms with E-state index in [1.54, 1.807) is 11.8 Å². The first-order valence-corrected chi connectivity index (χ1v) is 8.84. The van der Waals surface area contributed by atoms with Gasteiger partial charge in [0.1, 0.15) is 0 Å². The molecule has 2 amide bonds. The molecule has 0 saturated carbocycles. The maximum absolute atomic E-state index is 12.3. The molecule has 0 bridgehead atoms. The van der Waals surface area contributed by atoms with E-state index >= 15 is 0 Å². The third kappa shape index (κ3) is 7.98. The Morgan fingerprint density at radius 1 is 1.04 bits per heavy atom. The van der Waals surface area contributed by atoms with Crippen LogP contribution in [0.3, 0.4) is 0 Å². The average Bonchev–Trinajstić information content (AvgIpc) is 2.41. The molecule has 0 spiro atoms. The van der Waals surface area contributed by atoms with Crippen LogP contribution in [-0.2, 0) is 9.59 Å². The summed E-state index contributed by atoms with van der Waals surface area (Å²) in [7, 11) is 3.71.